The highest BCUT2D eigenvalue weighted by atomic mass is 16.4. The molecule has 0 aromatic carbocycles. The molecule has 4 heteroatoms. The molecule has 1 heterocycles. The Bertz CT molecular complexity index is 313. The minimum atomic E-state index is -0.913. The summed E-state index contributed by atoms with van der Waals surface area (Å²) in [4.78, 5) is 14.7. The average molecular weight is 194 g/mol. The Hall–Kier alpha value is -1.42. The van der Waals surface area contributed by atoms with Gasteiger partial charge in [-0.05, 0) is 25.1 Å². The van der Waals surface area contributed by atoms with Crippen LogP contribution in [0.1, 0.15) is 29.4 Å². The number of nitrogens with one attached hydrogen (secondary N) is 1. The fraction of sp³-hybridized carbons (Fsp3) is 0.400. The monoisotopic (exact) mass is 194 g/mol. The highest BCUT2D eigenvalue weighted by Gasteiger charge is 2.03. The van der Waals surface area contributed by atoms with Gasteiger partial charge in [-0.3, -0.25) is 4.98 Å². The predicted molar refractivity (Wildman–Crippen MR) is 53.2 cm³/mol. The number of rotatable bonds is 5. The number of hydrogen-bond donors (Lipinski definition) is 2. The van der Waals surface area contributed by atoms with Crippen molar-refractivity contribution < 1.29 is 9.90 Å². The normalized spacial score (nSPS) is 10.1. The molecule has 14 heavy (non-hydrogen) atoms. The Balaban J connectivity index is 2.59. The molecule has 0 saturated carbocycles. The number of nitrogens with zero attached hydrogens (tertiary/aromatic N) is 1. The van der Waals surface area contributed by atoms with Crippen molar-refractivity contribution in [3.05, 3.63) is 29.6 Å². The summed E-state index contributed by atoms with van der Waals surface area (Å²) in [7, 11) is 0. The first-order valence-electron chi connectivity index (χ1n) is 4.63. The molecule has 0 aliphatic rings. The van der Waals surface area contributed by atoms with E-state index in [9.17, 15) is 4.79 Å². The van der Waals surface area contributed by atoms with Gasteiger partial charge < -0.3 is 10.4 Å². The van der Waals surface area contributed by atoms with Crippen LogP contribution in [0.5, 0.6) is 0 Å². The zero-order chi connectivity index (χ0) is 10.4. The zero-order valence-electron chi connectivity index (χ0n) is 8.16. The van der Waals surface area contributed by atoms with Gasteiger partial charge in [0.05, 0.1) is 11.3 Å². The molecular formula is C10H14N2O2. The van der Waals surface area contributed by atoms with E-state index in [1.54, 1.807) is 6.07 Å². The standard InChI is InChI=1S/C10H14N2O2/c1-2-4-11-7-9-6-8(10(13)14)3-5-12-9/h3,5-6,11H,2,4,7H2,1H3,(H,13,14). The third kappa shape index (κ3) is 3.14. The van der Waals surface area contributed by atoms with E-state index in [4.69, 9.17) is 5.11 Å². The largest absolute Gasteiger partial charge is 0.478 e. The molecule has 0 radical (unpaired) electrons. The fourth-order valence-corrected chi connectivity index (χ4v) is 1.10. The van der Waals surface area contributed by atoms with Crippen LogP contribution in [-0.2, 0) is 6.54 Å². The topological polar surface area (TPSA) is 62.2 Å². The van der Waals surface area contributed by atoms with Gasteiger partial charge >= 0.3 is 5.97 Å². The molecule has 0 spiro atoms. The van der Waals surface area contributed by atoms with Crippen molar-refractivity contribution >= 4 is 5.97 Å². The van der Waals surface area contributed by atoms with Crippen molar-refractivity contribution in [3.63, 3.8) is 0 Å². The lowest BCUT2D eigenvalue weighted by molar-refractivity contribution is 0.0696. The van der Waals surface area contributed by atoms with Crippen LogP contribution in [0.15, 0.2) is 18.3 Å². The maximum Gasteiger partial charge on any atom is 0.335 e. The molecule has 0 unspecified atom stereocenters. The summed E-state index contributed by atoms with van der Waals surface area (Å²) in [6, 6.07) is 3.08. The SMILES string of the molecule is CCCNCc1cc(C(=O)O)ccn1. The first kappa shape index (κ1) is 10.7. The summed E-state index contributed by atoms with van der Waals surface area (Å²) in [5.74, 6) is -0.913. The molecule has 1 rings (SSSR count). The van der Waals surface area contributed by atoms with Gasteiger partial charge in [-0.2, -0.15) is 0 Å². The van der Waals surface area contributed by atoms with Crippen molar-refractivity contribution in [2.45, 2.75) is 19.9 Å². The van der Waals surface area contributed by atoms with Gasteiger partial charge in [0.2, 0.25) is 0 Å². The summed E-state index contributed by atoms with van der Waals surface area (Å²) in [5.41, 5.74) is 1.05. The van der Waals surface area contributed by atoms with Crippen LogP contribution in [0.25, 0.3) is 0 Å². The Labute approximate surface area is 83.0 Å². The van der Waals surface area contributed by atoms with E-state index in [2.05, 4.69) is 17.2 Å². The minimum absolute atomic E-state index is 0.285. The van der Waals surface area contributed by atoms with E-state index >= 15 is 0 Å². The lowest BCUT2D eigenvalue weighted by Crippen LogP contribution is -2.15. The minimum Gasteiger partial charge on any atom is -0.478 e. The second kappa shape index (κ2) is 5.34. The number of hydrogen-bond acceptors (Lipinski definition) is 3. The van der Waals surface area contributed by atoms with E-state index in [0.29, 0.717) is 6.54 Å². The molecule has 1 aromatic heterocycles. The molecule has 76 valence electrons. The molecule has 0 amide bonds. The predicted octanol–water partition coefficient (Wildman–Crippen LogP) is 1.28. The number of carboxylic acids is 1. The molecule has 0 aliphatic heterocycles. The molecule has 0 bridgehead atoms. The summed E-state index contributed by atoms with van der Waals surface area (Å²) in [6.45, 7) is 3.61. The van der Waals surface area contributed by atoms with Gasteiger partial charge in [0.25, 0.3) is 0 Å². The molecule has 2 N–H and O–H groups in total. The summed E-state index contributed by atoms with van der Waals surface area (Å²) < 4.78 is 0. The maximum absolute atomic E-state index is 10.6. The zero-order valence-corrected chi connectivity index (χ0v) is 8.16. The second-order valence-corrected chi connectivity index (χ2v) is 3.02. The van der Waals surface area contributed by atoms with E-state index in [1.807, 2.05) is 0 Å². The molecule has 1 aromatic rings. The van der Waals surface area contributed by atoms with E-state index in [-0.39, 0.29) is 5.56 Å². The quantitative estimate of drug-likeness (QED) is 0.693. The summed E-state index contributed by atoms with van der Waals surface area (Å²) in [5, 5.41) is 11.9. The van der Waals surface area contributed by atoms with Crippen LogP contribution in [0.2, 0.25) is 0 Å². The lowest BCUT2D eigenvalue weighted by atomic mass is 10.2. The molecule has 0 aliphatic carbocycles. The van der Waals surface area contributed by atoms with Crippen molar-refractivity contribution in [1.29, 1.82) is 0 Å². The van der Waals surface area contributed by atoms with Crippen molar-refractivity contribution in [1.82, 2.24) is 10.3 Å². The van der Waals surface area contributed by atoms with Crippen molar-refractivity contribution in [3.8, 4) is 0 Å². The molecule has 0 saturated heterocycles. The van der Waals surface area contributed by atoms with Gasteiger partial charge in [0.1, 0.15) is 0 Å². The van der Waals surface area contributed by atoms with E-state index in [1.165, 1.54) is 12.3 Å². The van der Waals surface area contributed by atoms with Crippen LogP contribution in [0.3, 0.4) is 0 Å². The van der Waals surface area contributed by atoms with Crippen LogP contribution in [0.4, 0.5) is 0 Å². The third-order valence-corrected chi connectivity index (χ3v) is 1.80. The van der Waals surface area contributed by atoms with Gasteiger partial charge in [-0.25, -0.2) is 4.79 Å². The van der Waals surface area contributed by atoms with Gasteiger partial charge in [-0.15, -0.1) is 0 Å². The van der Waals surface area contributed by atoms with Crippen LogP contribution in [-0.4, -0.2) is 22.6 Å². The number of carbonyl (C=O) groups is 1. The van der Waals surface area contributed by atoms with Gasteiger partial charge in [0, 0.05) is 12.7 Å². The van der Waals surface area contributed by atoms with Crippen molar-refractivity contribution in [2.24, 2.45) is 0 Å². The number of carboxylic acid groups (broad SMARTS) is 1. The highest BCUT2D eigenvalue weighted by molar-refractivity contribution is 5.87. The summed E-state index contributed by atoms with van der Waals surface area (Å²) in [6.07, 6.45) is 2.57. The number of aromatic carboxylic acids is 1. The third-order valence-electron chi connectivity index (χ3n) is 1.80. The Morgan fingerprint density at radius 2 is 2.43 bits per heavy atom. The first-order valence-corrected chi connectivity index (χ1v) is 4.63. The molecule has 0 fully saturated rings. The molecule has 4 nitrogen and oxygen atoms in total. The smallest absolute Gasteiger partial charge is 0.335 e. The van der Waals surface area contributed by atoms with E-state index < -0.39 is 5.97 Å². The van der Waals surface area contributed by atoms with Crippen LogP contribution >= 0.6 is 0 Å². The van der Waals surface area contributed by atoms with Crippen LogP contribution in [0, 0.1) is 0 Å². The molecule has 0 atom stereocenters. The van der Waals surface area contributed by atoms with Gasteiger partial charge in [0.15, 0.2) is 0 Å². The van der Waals surface area contributed by atoms with Crippen LogP contribution < -0.4 is 5.32 Å². The summed E-state index contributed by atoms with van der Waals surface area (Å²) >= 11 is 0. The second-order valence-electron chi connectivity index (χ2n) is 3.02. The number of aromatic nitrogens is 1. The van der Waals surface area contributed by atoms with E-state index in [0.717, 1.165) is 18.7 Å². The van der Waals surface area contributed by atoms with Gasteiger partial charge in [-0.1, -0.05) is 6.92 Å². The molecular weight excluding hydrogens is 180 g/mol. The lowest BCUT2D eigenvalue weighted by Gasteiger charge is -2.02. The fourth-order valence-electron chi connectivity index (χ4n) is 1.10. The highest BCUT2D eigenvalue weighted by Crippen LogP contribution is 2.01. The Kier molecular flexibility index (Phi) is 4.07. The number of pyridine rings is 1. The maximum atomic E-state index is 10.6. The average Bonchev–Trinajstić information content (AvgIpc) is 2.19. The Morgan fingerprint density at radius 1 is 1.64 bits per heavy atom. The van der Waals surface area contributed by atoms with Crippen molar-refractivity contribution in [2.75, 3.05) is 6.54 Å². The first-order chi connectivity index (χ1) is 6.74. The Morgan fingerprint density at radius 3 is 3.07 bits per heavy atom.